The van der Waals surface area contributed by atoms with Gasteiger partial charge in [-0.2, -0.15) is 0 Å². The van der Waals surface area contributed by atoms with E-state index < -0.39 is 0 Å². The number of aromatic nitrogens is 1. The van der Waals surface area contributed by atoms with Crippen LogP contribution in [0.2, 0.25) is 0 Å². The van der Waals surface area contributed by atoms with E-state index in [2.05, 4.69) is 72.7 Å². The second-order valence-corrected chi connectivity index (χ2v) is 5.47. The summed E-state index contributed by atoms with van der Waals surface area (Å²) in [6.07, 6.45) is 1.84. The first-order valence-electron chi connectivity index (χ1n) is 7.40. The molecule has 3 aromatic rings. The van der Waals surface area contributed by atoms with Gasteiger partial charge >= 0.3 is 0 Å². The van der Waals surface area contributed by atoms with Gasteiger partial charge in [-0.25, -0.2) is 0 Å². The van der Waals surface area contributed by atoms with Crippen LogP contribution in [0.4, 0.5) is 0 Å². The van der Waals surface area contributed by atoms with Gasteiger partial charge in [0.25, 0.3) is 0 Å². The van der Waals surface area contributed by atoms with E-state index in [0.29, 0.717) is 0 Å². The molecule has 0 bridgehead atoms. The van der Waals surface area contributed by atoms with Gasteiger partial charge in [0.05, 0.1) is 5.69 Å². The Balaban J connectivity index is 1.79. The molecule has 0 aliphatic carbocycles. The second-order valence-electron chi connectivity index (χ2n) is 5.47. The Morgan fingerprint density at radius 2 is 1.57 bits per heavy atom. The minimum atomic E-state index is 0.229. The molecule has 0 aliphatic heterocycles. The lowest BCUT2D eigenvalue weighted by atomic mass is 10.0. The molecule has 3 rings (SSSR count). The van der Waals surface area contributed by atoms with Crippen molar-refractivity contribution in [2.45, 2.75) is 25.9 Å². The van der Waals surface area contributed by atoms with Crippen molar-refractivity contribution in [3.05, 3.63) is 78.1 Å². The number of nitrogens with one attached hydrogen (secondary N) is 1. The summed E-state index contributed by atoms with van der Waals surface area (Å²) >= 11 is 0. The van der Waals surface area contributed by atoms with Gasteiger partial charge in [-0.15, -0.1) is 0 Å². The number of nitrogens with zero attached hydrogens (tertiary/aromatic N) is 1. The molecule has 1 N–H and O–H groups in total. The summed E-state index contributed by atoms with van der Waals surface area (Å²) in [6, 6.07) is 21.7. The fourth-order valence-electron chi connectivity index (χ4n) is 2.67. The fraction of sp³-hybridized carbons (Fsp3) is 0.211. The minimum Gasteiger partial charge on any atom is -0.302 e. The SMILES string of the molecule is CC(N[C@H](C)c1ccccn1)c1ccc2ccccc2c1. The molecular formula is C19H20N2. The standard InChI is InChI=1S/C19H20N2/c1-14(21-15(2)19-9-5-6-12-20-19)17-11-10-16-7-3-4-8-18(16)13-17/h3-15,21H,1-2H3/t14?,15-/m1/s1. The van der Waals surface area contributed by atoms with Gasteiger partial charge in [-0.3, -0.25) is 4.98 Å². The summed E-state index contributed by atoms with van der Waals surface area (Å²) in [5.41, 5.74) is 2.38. The summed E-state index contributed by atoms with van der Waals surface area (Å²) in [5, 5.41) is 6.18. The van der Waals surface area contributed by atoms with E-state index >= 15 is 0 Å². The van der Waals surface area contributed by atoms with Crippen molar-refractivity contribution in [2.75, 3.05) is 0 Å². The molecule has 2 aromatic carbocycles. The Kier molecular flexibility index (Phi) is 3.98. The zero-order valence-corrected chi connectivity index (χ0v) is 12.5. The van der Waals surface area contributed by atoms with Gasteiger partial charge < -0.3 is 5.32 Å². The van der Waals surface area contributed by atoms with Crippen LogP contribution in [0.25, 0.3) is 10.8 Å². The monoisotopic (exact) mass is 276 g/mol. The van der Waals surface area contributed by atoms with Gasteiger partial charge in [0.1, 0.15) is 0 Å². The average molecular weight is 276 g/mol. The predicted octanol–water partition coefficient (Wildman–Crippen LogP) is 4.65. The second kappa shape index (κ2) is 6.06. The van der Waals surface area contributed by atoms with Crippen LogP contribution in [0.15, 0.2) is 66.9 Å². The first kappa shape index (κ1) is 13.8. The fourth-order valence-corrected chi connectivity index (χ4v) is 2.67. The van der Waals surface area contributed by atoms with Crippen LogP contribution in [0.3, 0.4) is 0 Å². The van der Waals surface area contributed by atoms with Crippen molar-refractivity contribution in [3.8, 4) is 0 Å². The summed E-state index contributed by atoms with van der Waals surface area (Å²) in [5.74, 6) is 0. The predicted molar refractivity (Wildman–Crippen MR) is 88.2 cm³/mol. The van der Waals surface area contributed by atoms with Gasteiger partial charge in [0, 0.05) is 18.3 Å². The molecule has 0 radical (unpaired) electrons. The highest BCUT2D eigenvalue weighted by Gasteiger charge is 2.12. The number of rotatable bonds is 4. The summed E-state index contributed by atoms with van der Waals surface area (Å²) in [4.78, 5) is 4.41. The van der Waals surface area contributed by atoms with Crippen LogP contribution >= 0.6 is 0 Å². The van der Waals surface area contributed by atoms with Crippen LogP contribution in [0, 0.1) is 0 Å². The Morgan fingerprint density at radius 3 is 2.33 bits per heavy atom. The molecule has 1 heterocycles. The van der Waals surface area contributed by atoms with Crippen molar-refractivity contribution >= 4 is 10.8 Å². The highest BCUT2D eigenvalue weighted by Crippen LogP contribution is 2.22. The van der Waals surface area contributed by atoms with Crippen molar-refractivity contribution in [1.29, 1.82) is 0 Å². The molecule has 2 nitrogen and oxygen atoms in total. The molecule has 1 aromatic heterocycles. The molecule has 1 unspecified atom stereocenters. The molecule has 0 amide bonds. The molecule has 21 heavy (non-hydrogen) atoms. The third-order valence-corrected chi connectivity index (χ3v) is 3.90. The van der Waals surface area contributed by atoms with Crippen molar-refractivity contribution in [2.24, 2.45) is 0 Å². The molecule has 0 aliphatic rings. The van der Waals surface area contributed by atoms with Crippen molar-refractivity contribution in [3.63, 3.8) is 0 Å². The Bertz CT molecular complexity index is 722. The summed E-state index contributed by atoms with van der Waals surface area (Å²) < 4.78 is 0. The highest BCUT2D eigenvalue weighted by molar-refractivity contribution is 5.83. The van der Waals surface area contributed by atoms with Gasteiger partial charge in [0.15, 0.2) is 0 Å². The maximum atomic E-state index is 4.41. The van der Waals surface area contributed by atoms with Crippen LogP contribution in [-0.4, -0.2) is 4.98 Å². The normalized spacial score (nSPS) is 14.0. The van der Waals surface area contributed by atoms with Gasteiger partial charge in [0.2, 0.25) is 0 Å². The van der Waals surface area contributed by atoms with E-state index in [1.54, 1.807) is 0 Å². The highest BCUT2D eigenvalue weighted by atomic mass is 15.0. The van der Waals surface area contributed by atoms with Crippen molar-refractivity contribution in [1.82, 2.24) is 10.3 Å². The Morgan fingerprint density at radius 1 is 0.810 bits per heavy atom. The number of hydrogen-bond donors (Lipinski definition) is 1. The topological polar surface area (TPSA) is 24.9 Å². The molecule has 106 valence electrons. The van der Waals surface area contributed by atoms with E-state index in [1.807, 2.05) is 18.3 Å². The summed E-state index contributed by atoms with van der Waals surface area (Å²) in [7, 11) is 0. The molecular weight excluding hydrogens is 256 g/mol. The Hall–Kier alpha value is -2.19. The number of pyridine rings is 1. The van der Waals surface area contributed by atoms with Crippen LogP contribution < -0.4 is 5.32 Å². The lowest BCUT2D eigenvalue weighted by molar-refractivity contribution is 0.486. The number of benzene rings is 2. The molecule has 0 spiro atoms. The van der Waals surface area contributed by atoms with E-state index in [0.717, 1.165) is 5.69 Å². The van der Waals surface area contributed by atoms with Crippen LogP contribution in [0.5, 0.6) is 0 Å². The van der Waals surface area contributed by atoms with Gasteiger partial charge in [-0.05, 0) is 48.4 Å². The number of fused-ring (bicyclic) bond motifs is 1. The van der Waals surface area contributed by atoms with E-state index in [-0.39, 0.29) is 12.1 Å². The molecule has 2 heteroatoms. The van der Waals surface area contributed by atoms with E-state index in [9.17, 15) is 0 Å². The third kappa shape index (κ3) is 3.11. The quantitative estimate of drug-likeness (QED) is 0.750. The summed E-state index contributed by atoms with van der Waals surface area (Å²) in [6.45, 7) is 4.35. The van der Waals surface area contributed by atoms with Crippen LogP contribution in [-0.2, 0) is 0 Å². The molecule has 0 fully saturated rings. The first-order valence-corrected chi connectivity index (χ1v) is 7.40. The largest absolute Gasteiger partial charge is 0.302 e. The first-order chi connectivity index (χ1) is 10.2. The van der Waals surface area contributed by atoms with Crippen molar-refractivity contribution < 1.29 is 0 Å². The minimum absolute atomic E-state index is 0.229. The van der Waals surface area contributed by atoms with Crippen LogP contribution in [0.1, 0.15) is 37.2 Å². The third-order valence-electron chi connectivity index (χ3n) is 3.90. The lowest BCUT2D eigenvalue weighted by Gasteiger charge is -2.20. The smallest absolute Gasteiger partial charge is 0.0570 e. The maximum absolute atomic E-state index is 4.41. The molecule has 2 atom stereocenters. The molecule has 0 saturated carbocycles. The zero-order chi connectivity index (χ0) is 14.7. The van der Waals surface area contributed by atoms with E-state index in [4.69, 9.17) is 0 Å². The molecule has 0 saturated heterocycles. The van der Waals surface area contributed by atoms with E-state index in [1.165, 1.54) is 16.3 Å². The average Bonchev–Trinajstić information content (AvgIpc) is 2.55. The maximum Gasteiger partial charge on any atom is 0.0570 e. The lowest BCUT2D eigenvalue weighted by Crippen LogP contribution is -2.23. The van der Waals surface area contributed by atoms with Gasteiger partial charge in [-0.1, -0.05) is 42.5 Å². The zero-order valence-electron chi connectivity index (χ0n) is 12.5. The Labute approximate surface area is 125 Å². The number of hydrogen-bond acceptors (Lipinski definition) is 2.